The molecule has 2 aromatic rings. The van der Waals surface area contributed by atoms with Crippen molar-refractivity contribution in [1.82, 2.24) is 20.0 Å². The van der Waals surface area contributed by atoms with Crippen molar-refractivity contribution in [3.63, 3.8) is 0 Å². The highest BCUT2D eigenvalue weighted by atomic mass is 19.4. The number of hydrogen-bond acceptors (Lipinski definition) is 5. The number of benzene rings is 1. The summed E-state index contributed by atoms with van der Waals surface area (Å²) in [7, 11) is 0. The van der Waals surface area contributed by atoms with Gasteiger partial charge in [0.15, 0.2) is 0 Å². The molecule has 1 aliphatic rings. The van der Waals surface area contributed by atoms with Crippen LogP contribution in [0.15, 0.2) is 30.3 Å². The van der Waals surface area contributed by atoms with Gasteiger partial charge in [0, 0.05) is 37.4 Å². The van der Waals surface area contributed by atoms with Gasteiger partial charge in [0.1, 0.15) is 6.07 Å². The molecule has 3 rings (SSSR count). The third-order valence-electron chi connectivity index (χ3n) is 5.06. The SMILES string of the molecule is CCN(CCCc1cc(-c2cccc(C(F)(F)F)c2)nc(C#N)n1)N1CCCC1. The van der Waals surface area contributed by atoms with Crippen molar-refractivity contribution in [2.75, 3.05) is 26.2 Å². The van der Waals surface area contributed by atoms with E-state index in [4.69, 9.17) is 0 Å². The van der Waals surface area contributed by atoms with Crippen molar-refractivity contribution < 1.29 is 13.2 Å². The first kappa shape index (κ1) is 21.2. The number of alkyl halides is 3. The van der Waals surface area contributed by atoms with Crippen LogP contribution >= 0.6 is 0 Å². The molecule has 0 radical (unpaired) electrons. The number of aryl methyl sites for hydroxylation is 1. The van der Waals surface area contributed by atoms with E-state index >= 15 is 0 Å². The van der Waals surface area contributed by atoms with Crippen LogP contribution in [0.25, 0.3) is 11.3 Å². The molecule has 0 atom stereocenters. The summed E-state index contributed by atoms with van der Waals surface area (Å²) in [6.07, 6.45) is -0.520. The van der Waals surface area contributed by atoms with Gasteiger partial charge in [0.25, 0.3) is 0 Å². The zero-order valence-corrected chi connectivity index (χ0v) is 16.4. The number of hydrogen-bond donors (Lipinski definition) is 0. The van der Waals surface area contributed by atoms with Crippen LogP contribution in [0.3, 0.4) is 0 Å². The van der Waals surface area contributed by atoms with E-state index in [2.05, 4.69) is 26.9 Å². The van der Waals surface area contributed by atoms with Crippen LogP contribution in [0.1, 0.15) is 43.3 Å². The highest BCUT2D eigenvalue weighted by Gasteiger charge is 2.30. The highest BCUT2D eigenvalue weighted by Crippen LogP contribution is 2.31. The molecule has 0 N–H and O–H groups in total. The summed E-state index contributed by atoms with van der Waals surface area (Å²) in [6.45, 7) is 6.10. The van der Waals surface area contributed by atoms with Crippen molar-refractivity contribution in [3.05, 3.63) is 47.4 Å². The Kier molecular flexibility index (Phi) is 6.83. The van der Waals surface area contributed by atoms with Crippen molar-refractivity contribution in [3.8, 4) is 17.3 Å². The highest BCUT2D eigenvalue weighted by molar-refractivity contribution is 5.61. The summed E-state index contributed by atoms with van der Waals surface area (Å²) >= 11 is 0. The normalized spacial score (nSPS) is 15.0. The fraction of sp³-hybridized carbons (Fsp3) is 0.476. The quantitative estimate of drug-likeness (QED) is 0.690. The standard InChI is InChI=1S/C21H24F3N5/c1-2-28(29-10-3-4-11-29)12-6-9-18-14-19(27-20(15-25)26-18)16-7-5-8-17(13-16)21(22,23)24/h5,7-8,13-14H,2-4,6,9-12H2,1H3. The third-order valence-corrected chi connectivity index (χ3v) is 5.06. The molecule has 1 aliphatic heterocycles. The second-order valence-electron chi connectivity index (χ2n) is 7.07. The Morgan fingerprint density at radius 2 is 1.93 bits per heavy atom. The lowest BCUT2D eigenvalue weighted by Gasteiger charge is -2.30. The summed E-state index contributed by atoms with van der Waals surface area (Å²) in [5.74, 6) is -0.0261. The average molecular weight is 403 g/mol. The molecule has 1 aromatic heterocycles. The minimum Gasteiger partial charge on any atom is -0.242 e. The molecule has 0 saturated carbocycles. The molecule has 0 aliphatic carbocycles. The smallest absolute Gasteiger partial charge is 0.242 e. The summed E-state index contributed by atoms with van der Waals surface area (Å²) in [5, 5.41) is 13.9. The molecule has 154 valence electrons. The minimum atomic E-state index is -4.43. The van der Waals surface area contributed by atoms with E-state index in [1.807, 2.05) is 6.07 Å². The van der Waals surface area contributed by atoms with E-state index in [0.717, 1.165) is 44.7 Å². The summed E-state index contributed by atoms with van der Waals surface area (Å²) in [4.78, 5) is 8.35. The van der Waals surface area contributed by atoms with Crippen LogP contribution in [-0.4, -0.2) is 46.2 Å². The molecule has 8 heteroatoms. The van der Waals surface area contributed by atoms with E-state index < -0.39 is 11.7 Å². The zero-order chi connectivity index (χ0) is 20.9. The fourth-order valence-corrected chi connectivity index (χ4v) is 3.60. The second kappa shape index (κ2) is 9.33. The summed E-state index contributed by atoms with van der Waals surface area (Å²) in [6, 6.07) is 8.59. The molecule has 0 bridgehead atoms. The van der Waals surface area contributed by atoms with Gasteiger partial charge < -0.3 is 0 Å². The number of rotatable bonds is 7. The molecule has 1 saturated heterocycles. The molecule has 1 fully saturated rings. The third kappa shape index (κ3) is 5.52. The lowest BCUT2D eigenvalue weighted by Crippen LogP contribution is -2.41. The predicted octanol–water partition coefficient (Wildman–Crippen LogP) is 4.30. The molecule has 0 spiro atoms. The van der Waals surface area contributed by atoms with Gasteiger partial charge in [-0.1, -0.05) is 19.1 Å². The van der Waals surface area contributed by atoms with Crippen LogP contribution in [-0.2, 0) is 12.6 Å². The first-order chi connectivity index (χ1) is 13.9. The van der Waals surface area contributed by atoms with Gasteiger partial charge in [0.2, 0.25) is 5.82 Å². The monoisotopic (exact) mass is 403 g/mol. The first-order valence-corrected chi connectivity index (χ1v) is 9.86. The van der Waals surface area contributed by atoms with E-state index in [1.54, 1.807) is 12.1 Å². The maximum atomic E-state index is 13.0. The number of hydrazine groups is 1. The molecule has 1 aromatic carbocycles. The van der Waals surface area contributed by atoms with E-state index in [0.29, 0.717) is 23.4 Å². The number of halogens is 3. The van der Waals surface area contributed by atoms with Crippen LogP contribution in [0.4, 0.5) is 13.2 Å². The van der Waals surface area contributed by atoms with Gasteiger partial charge in [-0.2, -0.15) is 18.4 Å². The van der Waals surface area contributed by atoms with Crippen molar-refractivity contribution in [1.29, 1.82) is 5.26 Å². The Morgan fingerprint density at radius 3 is 2.59 bits per heavy atom. The van der Waals surface area contributed by atoms with E-state index in [1.165, 1.54) is 18.9 Å². The fourth-order valence-electron chi connectivity index (χ4n) is 3.60. The van der Waals surface area contributed by atoms with E-state index in [9.17, 15) is 18.4 Å². The second-order valence-corrected chi connectivity index (χ2v) is 7.07. The maximum absolute atomic E-state index is 13.0. The van der Waals surface area contributed by atoms with Crippen LogP contribution in [0.2, 0.25) is 0 Å². The molecule has 0 amide bonds. The number of nitrogens with zero attached hydrogens (tertiary/aromatic N) is 5. The van der Waals surface area contributed by atoms with Gasteiger partial charge in [-0.25, -0.2) is 20.0 Å². The van der Waals surface area contributed by atoms with Gasteiger partial charge >= 0.3 is 6.18 Å². The minimum absolute atomic E-state index is 0.0261. The molecular formula is C21H24F3N5. The summed E-state index contributed by atoms with van der Waals surface area (Å²) in [5.41, 5.74) is 0.594. The van der Waals surface area contributed by atoms with Crippen LogP contribution in [0.5, 0.6) is 0 Å². The Balaban J connectivity index is 1.75. The largest absolute Gasteiger partial charge is 0.416 e. The number of nitriles is 1. The Labute approximate surface area is 168 Å². The lowest BCUT2D eigenvalue weighted by molar-refractivity contribution is -0.137. The van der Waals surface area contributed by atoms with Gasteiger partial charge in [-0.05, 0) is 43.9 Å². The Bertz CT molecular complexity index is 869. The van der Waals surface area contributed by atoms with Crippen molar-refractivity contribution >= 4 is 0 Å². The van der Waals surface area contributed by atoms with Crippen LogP contribution < -0.4 is 0 Å². The number of aromatic nitrogens is 2. The van der Waals surface area contributed by atoms with Gasteiger partial charge in [-0.15, -0.1) is 0 Å². The van der Waals surface area contributed by atoms with Crippen molar-refractivity contribution in [2.24, 2.45) is 0 Å². The lowest BCUT2D eigenvalue weighted by atomic mass is 10.1. The Hall–Kier alpha value is -2.50. The van der Waals surface area contributed by atoms with E-state index in [-0.39, 0.29) is 5.82 Å². The molecule has 5 nitrogen and oxygen atoms in total. The van der Waals surface area contributed by atoms with Crippen molar-refractivity contribution in [2.45, 2.75) is 38.8 Å². The first-order valence-electron chi connectivity index (χ1n) is 9.86. The average Bonchev–Trinajstić information content (AvgIpc) is 3.25. The topological polar surface area (TPSA) is 56.1 Å². The summed E-state index contributed by atoms with van der Waals surface area (Å²) < 4.78 is 39.1. The van der Waals surface area contributed by atoms with Gasteiger partial charge in [0.05, 0.1) is 11.3 Å². The molecule has 2 heterocycles. The van der Waals surface area contributed by atoms with Crippen LogP contribution in [0, 0.1) is 11.3 Å². The molecule has 0 unspecified atom stereocenters. The Morgan fingerprint density at radius 1 is 1.17 bits per heavy atom. The van der Waals surface area contributed by atoms with Gasteiger partial charge in [-0.3, -0.25) is 0 Å². The maximum Gasteiger partial charge on any atom is 0.416 e. The zero-order valence-electron chi connectivity index (χ0n) is 16.4. The predicted molar refractivity (Wildman–Crippen MR) is 104 cm³/mol. The molecule has 29 heavy (non-hydrogen) atoms. The molecular weight excluding hydrogens is 379 g/mol.